The molecule has 2 nitrogen and oxygen atoms in total. The fraction of sp³-hybridized carbons (Fsp3) is 0.750. The van der Waals surface area contributed by atoms with Crippen molar-refractivity contribution in [1.82, 2.24) is 10.3 Å². The van der Waals surface area contributed by atoms with Crippen molar-refractivity contribution < 1.29 is 0 Å². The average Bonchev–Trinajstić information content (AvgIpc) is 2.68. The molecule has 1 rings (SSSR count). The van der Waals surface area contributed by atoms with Crippen LogP contribution < -0.4 is 5.32 Å². The molecule has 1 atom stereocenters. The molecule has 1 N–H and O–H groups in total. The molecular formula is C12H22N2S2. The summed E-state index contributed by atoms with van der Waals surface area (Å²) in [5.74, 6) is 1.15. The summed E-state index contributed by atoms with van der Waals surface area (Å²) in [5.41, 5.74) is 0.350. The highest BCUT2D eigenvalue weighted by atomic mass is 32.2. The first kappa shape index (κ1) is 14.0. The molecule has 0 saturated carbocycles. The van der Waals surface area contributed by atoms with Gasteiger partial charge in [-0.3, -0.25) is 0 Å². The highest BCUT2D eigenvalue weighted by Crippen LogP contribution is 2.21. The number of nitrogens with one attached hydrogen (secondary N) is 1. The highest BCUT2D eigenvalue weighted by Gasteiger charge is 2.18. The van der Waals surface area contributed by atoms with Crippen molar-refractivity contribution in [2.45, 2.75) is 44.5 Å². The molecule has 0 aliphatic carbocycles. The molecule has 0 amide bonds. The van der Waals surface area contributed by atoms with Gasteiger partial charge in [-0.2, -0.15) is 0 Å². The molecule has 1 heterocycles. The summed E-state index contributed by atoms with van der Waals surface area (Å²) in [5, 5.41) is 5.60. The minimum Gasteiger partial charge on any atom is -0.314 e. The van der Waals surface area contributed by atoms with E-state index in [-0.39, 0.29) is 0 Å². The topological polar surface area (TPSA) is 24.9 Å². The minimum atomic E-state index is 0.350. The molecule has 92 valence electrons. The van der Waals surface area contributed by atoms with Crippen molar-refractivity contribution >= 4 is 23.1 Å². The fourth-order valence-electron chi connectivity index (χ4n) is 1.14. The van der Waals surface area contributed by atoms with E-state index >= 15 is 0 Å². The Morgan fingerprint density at radius 1 is 1.50 bits per heavy atom. The zero-order valence-electron chi connectivity index (χ0n) is 10.6. The average molecular weight is 258 g/mol. The van der Waals surface area contributed by atoms with Crippen molar-refractivity contribution in [2.75, 3.05) is 12.3 Å². The van der Waals surface area contributed by atoms with Crippen molar-refractivity contribution in [3.8, 4) is 0 Å². The Morgan fingerprint density at radius 2 is 2.25 bits per heavy atom. The van der Waals surface area contributed by atoms with E-state index in [1.807, 2.05) is 23.3 Å². The van der Waals surface area contributed by atoms with Gasteiger partial charge in [0.05, 0.1) is 0 Å². The van der Waals surface area contributed by atoms with E-state index in [4.69, 9.17) is 0 Å². The van der Waals surface area contributed by atoms with E-state index in [0.717, 1.165) is 12.3 Å². The van der Waals surface area contributed by atoms with Crippen LogP contribution in [0.1, 0.15) is 34.1 Å². The lowest BCUT2D eigenvalue weighted by atomic mass is 9.88. The van der Waals surface area contributed by atoms with Gasteiger partial charge in [0.15, 0.2) is 0 Å². The SMILES string of the molecule is CC(NCCCSc1nccs1)C(C)(C)C. The zero-order valence-corrected chi connectivity index (χ0v) is 12.3. The number of aromatic nitrogens is 1. The van der Waals surface area contributed by atoms with Crippen molar-refractivity contribution in [1.29, 1.82) is 0 Å². The van der Waals surface area contributed by atoms with Crippen LogP contribution in [-0.4, -0.2) is 23.3 Å². The lowest BCUT2D eigenvalue weighted by Crippen LogP contribution is -2.38. The van der Waals surface area contributed by atoms with Gasteiger partial charge in [-0.1, -0.05) is 32.5 Å². The first-order valence-corrected chi connectivity index (χ1v) is 7.62. The molecule has 0 aromatic carbocycles. The lowest BCUT2D eigenvalue weighted by Gasteiger charge is -2.28. The molecule has 0 saturated heterocycles. The Bertz CT molecular complexity index is 278. The predicted octanol–water partition coefficient (Wildman–Crippen LogP) is 3.65. The predicted molar refractivity (Wildman–Crippen MR) is 74.4 cm³/mol. The largest absolute Gasteiger partial charge is 0.314 e. The van der Waals surface area contributed by atoms with Gasteiger partial charge < -0.3 is 5.32 Å². The summed E-state index contributed by atoms with van der Waals surface area (Å²) in [6.07, 6.45) is 3.07. The maximum atomic E-state index is 4.25. The second kappa shape index (κ2) is 6.62. The van der Waals surface area contributed by atoms with Crippen LogP contribution in [0.2, 0.25) is 0 Å². The Labute approximate surface area is 107 Å². The molecule has 1 aromatic rings. The molecule has 0 radical (unpaired) electrons. The number of nitrogens with zero attached hydrogens (tertiary/aromatic N) is 1. The van der Waals surface area contributed by atoms with Gasteiger partial charge in [-0.25, -0.2) is 4.98 Å². The van der Waals surface area contributed by atoms with Crippen LogP contribution in [0.4, 0.5) is 0 Å². The van der Waals surface area contributed by atoms with Gasteiger partial charge in [0.1, 0.15) is 4.34 Å². The zero-order chi connectivity index (χ0) is 12.0. The third-order valence-electron chi connectivity index (χ3n) is 2.71. The molecule has 0 aliphatic heterocycles. The molecular weight excluding hydrogens is 236 g/mol. The van der Waals surface area contributed by atoms with Crippen LogP contribution in [0.5, 0.6) is 0 Å². The second-order valence-corrected chi connectivity index (χ2v) is 7.28. The van der Waals surface area contributed by atoms with Gasteiger partial charge >= 0.3 is 0 Å². The monoisotopic (exact) mass is 258 g/mol. The Hall–Kier alpha value is -0.0600. The van der Waals surface area contributed by atoms with Gasteiger partial charge in [0, 0.05) is 23.4 Å². The molecule has 0 fully saturated rings. The molecule has 0 bridgehead atoms. The number of rotatable bonds is 6. The maximum Gasteiger partial charge on any atom is 0.149 e. The molecule has 4 heteroatoms. The summed E-state index contributed by atoms with van der Waals surface area (Å²) in [6, 6.07) is 0.567. The van der Waals surface area contributed by atoms with E-state index in [0.29, 0.717) is 11.5 Å². The van der Waals surface area contributed by atoms with Crippen LogP contribution in [0.25, 0.3) is 0 Å². The molecule has 0 spiro atoms. The Morgan fingerprint density at radius 3 is 2.81 bits per heavy atom. The van der Waals surface area contributed by atoms with Crippen LogP contribution in [-0.2, 0) is 0 Å². The van der Waals surface area contributed by atoms with E-state index < -0.39 is 0 Å². The lowest BCUT2D eigenvalue weighted by molar-refractivity contribution is 0.287. The normalized spacial score (nSPS) is 14.0. The van der Waals surface area contributed by atoms with Crippen molar-refractivity contribution in [2.24, 2.45) is 5.41 Å². The first-order chi connectivity index (χ1) is 7.50. The minimum absolute atomic E-state index is 0.350. The van der Waals surface area contributed by atoms with Crippen molar-refractivity contribution in [3.63, 3.8) is 0 Å². The van der Waals surface area contributed by atoms with Crippen LogP contribution >= 0.6 is 23.1 Å². The summed E-state index contributed by atoms with van der Waals surface area (Å²) >= 11 is 3.58. The smallest absolute Gasteiger partial charge is 0.149 e. The van der Waals surface area contributed by atoms with Crippen LogP contribution in [0, 0.1) is 5.41 Å². The summed E-state index contributed by atoms with van der Waals surface area (Å²) in [7, 11) is 0. The Balaban J connectivity index is 2.04. The van der Waals surface area contributed by atoms with Gasteiger partial charge in [0.2, 0.25) is 0 Å². The third kappa shape index (κ3) is 5.32. The molecule has 16 heavy (non-hydrogen) atoms. The van der Waals surface area contributed by atoms with E-state index in [2.05, 4.69) is 38.0 Å². The van der Waals surface area contributed by atoms with Gasteiger partial charge in [0.25, 0.3) is 0 Å². The van der Waals surface area contributed by atoms with E-state index in [9.17, 15) is 0 Å². The number of thiazole rings is 1. The quantitative estimate of drug-likeness (QED) is 0.623. The summed E-state index contributed by atoms with van der Waals surface area (Å²) in [4.78, 5) is 4.25. The molecule has 0 aliphatic rings. The highest BCUT2D eigenvalue weighted by molar-refractivity contribution is 8.00. The summed E-state index contributed by atoms with van der Waals surface area (Å²) < 4.78 is 1.18. The Kier molecular flexibility index (Phi) is 5.79. The van der Waals surface area contributed by atoms with Gasteiger partial charge in [-0.15, -0.1) is 11.3 Å². The number of hydrogen-bond acceptors (Lipinski definition) is 4. The molecule has 1 unspecified atom stereocenters. The standard InChI is InChI=1S/C12H22N2S2/c1-10(12(2,3)4)13-6-5-8-15-11-14-7-9-16-11/h7,9-10,13H,5-6,8H2,1-4H3. The van der Waals surface area contributed by atoms with Crippen molar-refractivity contribution in [3.05, 3.63) is 11.6 Å². The van der Waals surface area contributed by atoms with Crippen LogP contribution in [0.3, 0.4) is 0 Å². The first-order valence-electron chi connectivity index (χ1n) is 5.76. The number of hydrogen-bond donors (Lipinski definition) is 1. The summed E-state index contributed by atoms with van der Waals surface area (Å²) in [6.45, 7) is 10.2. The second-order valence-electron chi connectivity index (χ2n) is 5.04. The fourth-order valence-corrected chi connectivity index (χ4v) is 2.79. The van der Waals surface area contributed by atoms with Gasteiger partial charge in [-0.05, 0) is 25.3 Å². The third-order valence-corrected chi connectivity index (χ3v) is 4.76. The maximum absolute atomic E-state index is 4.25. The van der Waals surface area contributed by atoms with E-state index in [1.165, 1.54) is 10.8 Å². The van der Waals surface area contributed by atoms with Crippen LogP contribution in [0.15, 0.2) is 15.9 Å². The van der Waals surface area contributed by atoms with E-state index in [1.54, 1.807) is 11.3 Å². The molecule has 1 aromatic heterocycles. The number of thioether (sulfide) groups is 1.